The van der Waals surface area contributed by atoms with Gasteiger partial charge in [0.25, 0.3) is 0 Å². The summed E-state index contributed by atoms with van der Waals surface area (Å²) in [5.41, 5.74) is 0. The summed E-state index contributed by atoms with van der Waals surface area (Å²) in [5.74, 6) is -0.957. The Labute approximate surface area is 121 Å². The Balaban J connectivity index is 2.52. The molecule has 116 valence electrons. The molecule has 2 amide bonds. The van der Waals surface area contributed by atoms with E-state index in [9.17, 15) is 9.59 Å². The molecule has 0 aliphatic carbocycles. The molecule has 1 rings (SSSR count). The predicted octanol–water partition coefficient (Wildman–Crippen LogP) is 1.37. The number of aliphatic carboxylic acids is 1. The van der Waals surface area contributed by atoms with Gasteiger partial charge in [-0.25, -0.2) is 9.59 Å². The second-order valence-corrected chi connectivity index (χ2v) is 5.65. The Morgan fingerprint density at radius 1 is 1.50 bits per heavy atom. The van der Waals surface area contributed by atoms with E-state index in [1.165, 1.54) is 0 Å². The fourth-order valence-electron chi connectivity index (χ4n) is 2.54. The minimum Gasteiger partial charge on any atom is -0.480 e. The molecule has 1 heterocycles. The Kier molecular flexibility index (Phi) is 6.78. The number of carboxylic acids is 1. The molecule has 0 aromatic heterocycles. The number of hydrogen-bond donors (Lipinski definition) is 2. The molecule has 2 N–H and O–H groups in total. The van der Waals surface area contributed by atoms with Gasteiger partial charge in [-0.3, -0.25) is 0 Å². The lowest BCUT2D eigenvalue weighted by molar-refractivity contribution is -0.139. The molecule has 1 aliphatic heterocycles. The maximum atomic E-state index is 12.2. The van der Waals surface area contributed by atoms with Crippen LogP contribution < -0.4 is 5.32 Å². The van der Waals surface area contributed by atoms with Crippen LogP contribution in [0, 0.1) is 0 Å². The molecular formula is C14H27N3O3. The summed E-state index contributed by atoms with van der Waals surface area (Å²) in [4.78, 5) is 27.2. The molecule has 6 nitrogen and oxygen atoms in total. The van der Waals surface area contributed by atoms with Crippen LogP contribution in [0.4, 0.5) is 4.79 Å². The average Bonchev–Trinajstić information content (AvgIpc) is 2.42. The third kappa shape index (κ3) is 5.00. The summed E-state index contributed by atoms with van der Waals surface area (Å²) in [5, 5.41) is 11.8. The lowest BCUT2D eigenvalue weighted by Crippen LogP contribution is -2.53. The molecule has 2 atom stereocenters. The molecule has 1 unspecified atom stereocenters. The maximum absolute atomic E-state index is 12.2. The van der Waals surface area contributed by atoms with E-state index in [-0.39, 0.29) is 12.1 Å². The van der Waals surface area contributed by atoms with Crippen LogP contribution in [0.25, 0.3) is 0 Å². The monoisotopic (exact) mass is 285 g/mol. The van der Waals surface area contributed by atoms with Crippen molar-refractivity contribution in [3.05, 3.63) is 0 Å². The van der Waals surface area contributed by atoms with Crippen molar-refractivity contribution in [1.82, 2.24) is 15.1 Å². The van der Waals surface area contributed by atoms with E-state index in [0.29, 0.717) is 6.42 Å². The second kappa shape index (κ2) is 8.09. The van der Waals surface area contributed by atoms with Gasteiger partial charge in [0.1, 0.15) is 6.04 Å². The topological polar surface area (TPSA) is 72.9 Å². The molecule has 0 bridgehead atoms. The van der Waals surface area contributed by atoms with Crippen LogP contribution in [0.2, 0.25) is 0 Å². The Bertz CT molecular complexity index is 336. The third-order valence-corrected chi connectivity index (χ3v) is 3.91. The summed E-state index contributed by atoms with van der Waals surface area (Å²) in [6.45, 7) is 3.90. The van der Waals surface area contributed by atoms with Crippen molar-refractivity contribution >= 4 is 12.0 Å². The van der Waals surface area contributed by atoms with Gasteiger partial charge in [0.15, 0.2) is 0 Å². The number of likely N-dealkylation sites (tertiary alicyclic amines) is 1. The van der Waals surface area contributed by atoms with Gasteiger partial charge < -0.3 is 20.2 Å². The normalized spacial score (nSPS) is 21.2. The SMILES string of the molecule is CCCC[C@H](NC(=O)N(C)C1CCCN(C)C1)C(=O)O. The molecule has 1 aliphatic rings. The zero-order valence-corrected chi connectivity index (χ0v) is 12.8. The first-order chi connectivity index (χ1) is 9.45. The maximum Gasteiger partial charge on any atom is 0.326 e. The van der Waals surface area contributed by atoms with Crippen molar-refractivity contribution in [1.29, 1.82) is 0 Å². The van der Waals surface area contributed by atoms with Crippen molar-refractivity contribution in [3.63, 3.8) is 0 Å². The highest BCUT2D eigenvalue weighted by atomic mass is 16.4. The number of hydrogen-bond acceptors (Lipinski definition) is 3. The van der Waals surface area contributed by atoms with Gasteiger partial charge in [-0.2, -0.15) is 0 Å². The summed E-state index contributed by atoms with van der Waals surface area (Å²) in [6.07, 6.45) is 4.24. The minimum atomic E-state index is -0.957. The van der Waals surface area contributed by atoms with Gasteiger partial charge in [0.05, 0.1) is 0 Å². The third-order valence-electron chi connectivity index (χ3n) is 3.91. The largest absolute Gasteiger partial charge is 0.480 e. The van der Waals surface area contributed by atoms with Crippen molar-refractivity contribution in [2.45, 2.75) is 51.1 Å². The number of unbranched alkanes of at least 4 members (excludes halogenated alkanes) is 1. The number of rotatable bonds is 6. The van der Waals surface area contributed by atoms with Crippen molar-refractivity contribution in [2.75, 3.05) is 27.2 Å². The van der Waals surface area contributed by atoms with Gasteiger partial charge in [-0.05, 0) is 32.9 Å². The summed E-state index contributed by atoms with van der Waals surface area (Å²) >= 11 is 0. The van der Waals surface area contributed by atoms with Crippen molar-refractivity contribution < 1.29 is 14.7 Å². The van der Waals surface area contributed by atoms with Crippen LogP contribution in [-0.4, -0.2) is 66.2 Å². The van der Waals surface area contributed by atoms with Crippen LogP contribution in [0.1, 0.15) is 39.0 Å². The van der Waals surface area contributed by atoms with E-state index in [1.54, 1.807) is 11.9 Å². The summed E-state index contributed by atoms with van der Waals surface area (Å²) in [6, 6.07) is -0.908. The van der Waals surface area contributed by atoms with Crippen molar-refractivity contribution in [3.8, 4) is 0 Å². The molecule has 0 aromatic rings. The molecule has 0 aromatic carbocycles. The quantitative estimate of drug-likeness (QED) is 0.773. The lowest BCUT2D eigenvalue weighted by atomic mass is 10.1. The van der Waals surface area contributed by atoms with Gasteiger partial charge >= 0.3 is 12.0 Å². The highest BCUT2D eigenvalue weighted by molar-refractivity contribution is 5.82. The number of likely N-dealkylation sites (N-methyl/N-ethyl adjacent to an activating group) is 2. The number of carboxylic acid groups (broad SMARTS) is 1. The van der Waals surface area contributed by atoms with Gasteiger partial charge in [0.2, 0.25) is 0 Å². The van der Waals surface area contributed by atoms with E-state index < -0.39 is 12.0 Å². The van der Waals surface area contributed by atoms with Crippen LogP contribution >= 0.6 is 0 Å². The Hall–Kier alpha value is -1.30. The summed E-state index contributed by atoms with van der Waals surface area (Å²) < 4.78 is 0. The summed E-state index contributed by atoms with van der Waals surface area (Å²) in [7, 11) is 3.79. The molecule has 20 heavy (non-hydrogen) atoms. The number of nitrogens with zero attached hydrogens (tertiary/aromatic N) is 2. The number of carbonyl (C=O) groups is 2. The number of piperidine rings is 1. The number of urea groups is 1. The molecule has 0 saturated carbocycles. The highest BCUT2D eigenvalue weighted by Crippen LogP contribution is 2.13. The molecule has 1 saturated heterocycles. The van der Waals surface area contributed by atoms with Crippen molar-refractivity contribution in [2.24, 2.45) is 0 Å². The molecule has 1 fully saturated rings. The first kappa shape index (κ1) is 16.8. The zero-order valence-electron chi connectivity index (χ0n) is 12.8. The van der Waals surface area contributed by atoms with Gasteiger partial charge in [-0.1, -0.05) is 19.8 Å². The van der Waals surface area contributed by atoms with E-state index >= 15 is 0 Å². The smallest absolute Gasteiger partial charge is 0.326 e. The molecule has 0 radical (unpaired) electrons. The standard InChI is InChI=1S/C14H27N3O3/c1-4-5-8-12(13(18)19)15-14(20)17(3)11-7-6-9-16(2)10-11/h11-12H,4-10H2,1-3H3,(H,15,20)(H,18,19)/t11?,12-/m0/s1. The van der Waals surface area contributed by atoms with Crippen LogP contribution in [0.5, 0.6) is 0 Å². The Morgan fingerprint density at radius 2 is 2.20 bits per heavy atom. The Morgan fingerprint density at radius 3 is 2.75 bits per heavy atom. The number of carbonyl (C=O) groups excluding carboxylic acids is 1. The second-order valence-electron chi connectivity index (χ2n) is 5.65. The molecule has 6 heteroatoms. The van der Waals surface area contributed by atoms with E-state index in [1.807, 2.05) is 14.0 Å². The van der Waals surface area contributed by atoms with E-state index in [4.69, 9.17) is 5.11 Å². The average molecular weight is 285 g/mol. The first-order valence-electron chi connectivity index (χ1n) is 7.40. The molecular weight excluding hydrogens is 258 g/mol. The lowest BCUT2D eigenvalue weighted by Gasteiger charge is -2.36. The predicted molar refractivity (Wildman–Crippen MR) is 77.8 cm³/mol. The van der Waals surface area contributed by atoms with Gasteiger partial charge in [0, 0.05) is 19.6 Å². The fourth-order valence-corrected chi connectivity index (χ4v) is 2.54. The zero-order chi connectivity index (χ0) is 15.1. The number of nitrogens with one attached hydrogen (secondary N) is 1. The molecule has 0 spiro atoms. The van der Waals surface area contributed by atoms with E-state index in [0.717, 1.165) is 38.8 Å². The van der Waals surface area contributed by atoms with Crippen LogP contribution in [0.3, 0.4) is 0 Å². The fraction of sp³-hybridized carbons (Fsp3) is 0.857. The van der Waals surface area contributed by atoms with E-state index in [2.05, 4.69) is 10.2 Å². The van der Waals surface area contributed by atoms with Crippen LogP contribution in [-0.2, 0) is 4.79 Å². The first-order valence-corrected chi connectivity index (χ1v) is 7.40. The number of amides is 2. The minimum absolute atomic E-state index is 0.161. The highest BCUT2D eigenvalue weighted by Gasteiger charge is 2.27. The van der Waals surface area contributed by atoms with Gasteiger partial charge in [-0.15, -0.1) is 0 Å². The van der Waals surface area contributed by atoms with Crippen LogP contribution in [0.15, 0.2) is 0 Å².